The number of alkyl halides is 2. The standard InChI is InChI=1S/C7H4Br2N2O/c8-7(9)5-4(11-6(7)12)2-1-3-10-5/h1-3H,(H,11,12). The van der Waals surface area contributed by atoms with E-state index in [4.69, 9.17) is 0 Å². The van der Waals surface area contributed by atoms with E-state index >= 15 is 0 Å². The highest BCUT2D eigenvalue weighted by Crippen LogP contribution is 2.45. The Morgan fingerprint density at radius 1 is 1.50 bits per heavy atom. The van der Waals surface area contributed by atoms with Gasteiger partial charge >= 0.3 is 0 Å². The topological polar surface area (TPSA) is 42.0 Å². The highest BCUT2D eigenvalue weighted by molar-refractivity contribution is 9.25. The molecule has 2 rings (SSSR count). The van der Waals surface area contributed by atoms with E-state index in [1.165, 1.54) is 0 Å². The molecule has 0 unspecified atom stereocenters. The Balaban J connectivity index is 2.63. The summed E-state index contributed by atoms with van der Waals surface area (Å²) in [5.74, 6) is -0.142. The Hall–Kier alpha value is -0.420. The molecule has 1 N–H and O–H groups in total. The lowest BCUT2D eigenvalue weighted by Crippen LogP contribution is -2.20. The number of nitrogens with zero attached hydrogens (tertiary/aromatic N) is 1. The Labute approximate surface area is 85.8 Å². The number of halogens is 2. The number of hydrogen-bond acceptors (Lipinski definition) is 2. The molecule has 0 saturated heterocycles. The fourth-order valence-electron chi connectivity index (χ4n) is 1.06. The minimum atomic E-state index is -0.851. The molecular weight excluding hydrogens is 288 g/mol. The van der Waals surface area contributed by atoms with Crippen LogP contribution < -0.4 is 5.32 Å². The first kappa shape index (κ1) is 8.19. The van der Waals surface area contributed by atoms with Crippen LogP contribution >= 0.6 is 31.9 Å². The van der Waals surface area contributed by atoms with Crippen LogP contribution in [0.15, 0.2) is 18.3 Å². The van der Waals surface area contributed by atoms with E-state index < -0.39 is 3.23 Å². The molecule has 1 aliphatic rings. The first-order chi connectivity index (χ1) is 5.62. The SMILES string of the molecule is O=C1Nc2cccnc2C1(Br)Br. The summed E-state index contributed by atoms with van der Waals surface area (Å²) in [7, 11) is 0. The van der Waals surface area contributed by atoms with Crippen LogP contribution in [0, 0.1) is 0 Å². The second-order valence-corrected chi connectivity index (χ2v) is 5.87. The summed E-state index contributed by atoms with van der Waals surface area (Å²) in [6, 6.07) is 3.59. The van der Waals surface area contributed by atoms with Gasteiger partial charge in [0.05, 0.1) is 5.69 Å². The van der Waals surface area contributed by atoms with Gasteiger partial charge in [-0.1, -0.05) is 31.9 Å². The largest absolute Gasteiger partial charge is 0.322 e. The van der Waals surface area contributed by atoms with Crippen molar-refractivity contribution < 1.29 is 4.79 Å². The van der Waals surface area contributed by atoms with E-state index in [0.717, 1.165) is 5.69 Å². The van der Waals surface area contributed by atoms with E-state index in [-0.39, 0.29) is 5.91 Å². The van der Waals surface area contributed by atoms with Gasteiger partial charge in [0.1, 0.15) is 5.69 Å². The summed E-state index contributed by atoms with van der Waals surface area (Å²) in [6.45, 7) is 0. The lowest BCUT2D eigenvalue weighted by Gasteiger charge is -2.07. The molecule has 1 aromatic heterocycles. The molecule has 0 bridgehead atoms. The monoisotopic (exact) mass is 290 g/mol. The summed E-state index contributed by atoms with van der Waals surface area (Å²) < 4.78 is -0.851. The van der Waals surface area contributed by atoms with Crippen LogP contribution in [-0.4, -0.2) is 10.9 Å². The van der Waals surface area contributed by atoms with Gasteiger partial charge in [0.15, 0.2) is 0 Å². The van der Waals surface area contributed by atoms with Crippen molar-refractivity contribution in [2.45, 2.75) is 3.23 Å². The van der Waals surface area contributed by atoms with Gasteiger partial charge in [-0.2, -0.15) is 0 Å². The van der Waals surface area contributed by atoms with Gasteiger partial charge in [0, 0.05) is 6.20 Å². The summed E-state index contributed by atoms with van der Waals surface area (Å²) in [6.07, 6.45) is 1.65. The lowest BCUT2D eigenvalue weighted by molar-refractivity contribution is -0.115. The first-order valence-corrected chi connectivity index (χ1v) is 4.86. The minimum Gasteiger partial charge on any atom is -0.322 e. The lowest BCUT2D eigenvalue weighted by atomic mass is 10.3. The average Bonchev–Trinajstić information content (AvgIpc) is 2.25. The number of carbonyl (C=O) groups excluding carboxylic acids is 1. The molecule has 0 spiro atoms. The smallest absolute Gasteiger partial charge is 0.258 e. The predicted molar refractivity (Wildman–Crippen MR) is 52.4 cm³/mol. The molecule has 12 heavy (non-hydrogen) atoms. The zero-order valence-electron chi connectivity index (χ0n) is 5.84. The molecule has 0 aliphatic carbocycles. The van der Waals surface area contributed by atoms with Gasteiger partial charge < -0.3 is 5.32 Å². The fourth-order valence-corrected chi connectivity index (χ4v) is 1.89. The van der Waals surface area contributed by atoms with Gasteiger partial charge in [-0.3, -0.25) is 9.78 Å². The molecular formula is C7H4Br2N2O. The van der Waals surface area contributed by atoms with Crippen LogP contribution in [0.4, 0.5) is 5.69 Å². The predicted octanol–water partition coefficient (Wildman–Crippen LogP) is 1.98. The van der Waals surface area contributed by atoms with Crippen LogP contribution in [0.3, 0.4) is 0 Å². The third-order valence-corrected chi connectivity index (χ3v) is 3.11. The van der Waals surface area contributed by atoms with Gasteiger partial charge in [-0.25, -0.2) is 0 Å². The molecule has 5 heteroatoms. The van der Waals surface area contributed by atoms with Crippen molar-refractivity contribution in [2.24, 2.45) is 0 Å². The number of anilines is 1. The number of aromatic nitrogens is 1. The van der Waals surface area contributed by atoms with Crippen molar-refractivity contribution in [3.8, 4) is 0 Å². The second-order valence-electron chi connectivity index (χ2n) is 2.43. The highest BCUT2D eigenvalue weighted by Gasteiger charge is 2.43. The van der Waals surface area contributed by atoms with Crippen molar-refractivity contribution in [3.05, 3.63) is 24.0 Å². The van der Waals surface area contributed by atoms with E-state index in [1.54, 1.807) is 12.3 Å². The molecule has 0 atom stereocenters. The number of hydrogen-bond donors (Lipinski definition) is 1. The van der Waals surface area contributed by atoms with E-state index in [0.29, 0.717) is 5.69 Å². The molecule has 1 aromatic rings. The Kier molecular flexibility index (Phi) is 1.73. The van der Waals surface area contributed by atoms with Crippen molar-refractivity contribution in [1.82, 2.24) is 4.98 Å². The van der Waals surface area contributed by atoms with Crippen LogP contribution in [0.5, 0.6) is 0 Å². The normalized spacial score (nSPS) is 18.7. The molecule has 0 fully saturated rings. The number of nitrogens with one attached hydrogen (secondary N) is 1. The Bertz CT molecular complexity index is 351. The molecule has 3 nitrogen and oxygen atoms in total. The Morgan fingerprint density at radius 2 is 2.25 bits per heavy atom. The van der Waals surface area contributed by atoms with Crippen LogP contribution in [0.2, 0.25) is 0 Å². The highest BCUT2D eigenvalue weighted by atomic mass is 79.9. The van der Waals surface area contributed by atoms with Gasteiger partial charge in [0.2, 0.25) is 3.23 Å². The summed E-state index contributed by atoms with van der Waals surface area (Å²) >= 11 is 6.50. The molecule has 2 heterocycles. The van der Waals surface area contributed by atoms with Crippen molar-refractivity contribution in [3.63, 3.8) is 0 Å². The zero-order valence-corrected chi connectivity index (χ0v) is 9.02. The second kappa shape index (κ2) is 2.53. The third-order valence-electron chi connectivity index (χ3n) is 1.64. The van der Waals surface area contributed by atoms with Gasteiger partial charge in [0.25, 0.3) is 5.91 Å². The number of rotatable bonds is 0. The van der Waals surface area contributed by atoms with Crippen LogP contribution in [0.1, 0.15) is 5.69 Å². The van der Waals surface area contributed by atoms with Crippen molar-refractivity contribution in [1.29, 1.82) is 0 Å². The van der Waals surface area contributed by atoms with Gasteiger partial charge in [-0.05, 0) is 12.1 Å². The summed E-state index contributed by atoms with van der Waals surface area (Å²) in [4.78, 5) is 15.4. The molecule has 0 radical (unpaired) electrons. The van der Waals surface area contributed by atoms with Crippen LogP contribution in [0.25, 0.3) is 0 Å². The molecule has 0 saturated carbocycles. The number of pyridine rings is 1. The van der Waals surface area contributed by atoms with E-state index in [2.05, 4.69) is 42.2 Å². The molecule has 1 aliphatic heterocycles. The molecule has 0 aromatic carbocycles. The maximum atomic E-state index is 11.3. The third kappa shape index (κ3) is 0.998. The Morgan fingerprint density at radius 3 is 2.92 bits per heavy atom. The van der Waals surface area contributed by atoms with E-state index in [1.807, 2.05) is 6.07 Å². The fraction of sp³-hybridized carbons (Fsp3) is 0.143. The molecule has 1 amide bonds. The van der Waals surface area contributed by atoms with Gasteiger partial charge in [-0.15, -0.1) is 0 Å². The number of amides is 1. The van der Waals surface area contributed by atoms with Crippen molar-refractivity contribution in [2.75, 3.05) is 5.32 Å². The quantitative estimate of drug-likeness (QED) is 0.743. The molecule has 62 valence electrons. The summed E-state index contributed by atoms with van der Waals surface area (Å²) in [5, 5.41) is 2.69. The van der Waals surface area contributed by atoms with Crippen molar-refractivity contribution >= 4 is 43.5 Å². The maximum Gasteiger partial charge on any atom is 0.258 e. The first-order valence-electron chi connectivity index (χ1n) is 3.27. The number of carbonyl (C=O) groups is 1. The van der Waals surface area contributed by atoms with E-state index in [9.17, 15) is 4.79 Å². The average molecular weight is 292 g/mol. The summed E-state index contributed by atoms with van der Waals surface area (Å²) in [5.41, 5.74) is 1.42. The maximum absolute atomic E-state index is 11.3. The minimum absolute atomic E-state index is 0.142. The zero-order chi connectivity index (χ0) is 8.77. The number of fused-ring (bicyclic) bond motifs is 1. The van der Waals surface area contributed by atoms with Crippen LogP contribution in [-0.2, 0) is 8.03 Å².